The quantitative estimate of drug-likeness (QED) is 0.769. The van der Waals surface area contributed by atoms with E-state index in [2.05, 4.69) is 10.0 Å². The van der Waals surface area contributed by atoms with Crippen molar-refractivity contribution in [2.45, 2.75) is 24.3 Å². The van der Waals surface area contributed by atoms with E-state index >= 15 is 0 Å². The van der Waals surface area contributed by atoms with Gasteiger partial charge in [0, 0.05) is 30.9 Å². The summed E-state index contributed by atoms with van der Waals surface area (Å²) in [5.74, 6) is -0.661. The van der Waals surface area contributed by atoms with E-state index < -0.39 is 15.8 Å². The number of rotatable bonds is 5. The molecule has 1 saturated heterocycles. The number of hydrogen-bond acceptors (Lipinski definition) is 4. The highest BCUT2D eigenvalue weighted by Gasteiger charge is 2.26. The molecule has 6 nitrogen and oxygen atoms in total. The van der Waals surface area contributed by atoms with E-state index in [9.17, 15) is 17.6 Å². The lowest BCUT2D eigenvalue weighted by Gasteiger charge is -2.24. The monoisotopic (exact) mass is 427 g/mol. The second kappa shape index (κ2) is 8.89. The van der Waals surface area contributed by atoms with Gasteiger partial charge in [0.1, 0.15) is 5.82 Å². The zero-order valence-electron chi connectivity index (χ0n) is 15.6. The van der Waals surface area contributed by atoms with E-state index in [1.807, 2.05) is 0 Å². The molecule has 2 aromatic carbocycles. The predicted octanol–water partition coefficient (Wildman–Crippen LogP) is 2.79. The van der Waals surface area contributed by atoms with Gasteiger partial charge in [0.2, 0.25) is 0 Å². The number of halogens is 2. The van der Waals surface area contributed by atoms with Crippen LogP contribution in [0.4, 0.5) is 10.1 Å². The molecule has 1 unspecified atom stereocenters. The van der Waals surface area contributed by atoms with Crippen LogP contribution < -0.4 is 10.0 Å². The van der Waals surface area contributed by atoms with Gasteiger partial charge < -0.3 is 10.2 Å². The maximum Gasteiger partial charge on any atom is 0.261 e. The molecule has 0 spiro atoms. The van der Waals surface area contributed by atoms with Crippen LogP contribution in [0.15, 0.2) is 47.4 Å². The summed E-state index contributed by atoms with van der Waals surface area (Å²) in [5, 5.41) is 3.21. The van der Waals surface area contributed by atoms with Crippen LogP contribution in [0.3, 0.4) is 0 Å². The molecular formula is C19H23ClFN3O3S. The maximum absolute atomic E-state index is 13.0. The third-order valence-electron chi connectivity index (χ3n) is 4.75. The van der Waals surface area contributed by atoms with Crippen molar-refractivity contribution >= 4 is 34.0 Å². The Kier molecular flexibility index (Phi) is 7.03. The average Bonchev–Trinajstić information content (AvgIpc) is 3.17. The van der Waals surface area contributed by atoms with Crippen molar-refractivity contribution in [3.05, 3.63) is 59.4 Å². The van der Waals surface area contributed by atoms with Crippen LogP contribution in [0.1, 0.15) is 22.3 Å². The van der Waals surface area contributed by atoms with Gasteiger partial charge in [-0.1, -0.05) is 6.07 Å². The number of carbonyl (C=O) groups is 1. The van der Waals surface area contributed by atoms with Crippen LogP contribution in [0.25, 0.3) is 0 Å². The summed E-state index contributed by atoms with van der Waals surface area (Å²) in [4.78, 5) is 14.5. The Bertz CT molecular complexity index is 945. The molecule has 0 aliphatic carbocycles. The molecule has 1 amide bonds. The predicted molar refractivity (Wildman–Crippen MR) is 109 cm³/mol. The lowest BCUT2D eigenvalue weighted by atomic mass is 10.1. The molecule has 1 aliphatic rings. The van der Waals surface area contributed by atoms with E-state index in [4.69, 9.17) is 0 Å². The molecule has 3 rings (SSSR count). The number of benzene rings is 2. The van der Waals surface area contributed by atoms with Gasteiger partial charge >= 0.3 is 0 Å². The molecule has 1 heterocycles. The van der Waals surface area contributed by atoms with Crippen molar-refractivity contribution in [2.75, 3.05) is 24.9 Å². The number of aryl methyl sites for hydroxylation is 1. The van der Waals surface area contributed by atoms with Crippen molar-refractivity contribution in [3.8, 4) is 0 Å². The molecule has 152 valence electrons. The van der Waals surface area contributed by atoms with Crippen molar-refractivity contribution < 1.29 is 17.6 Å². The molecule has 0 radical (unpaired) electrons. The van der Waals surface area contributed by atoms with Crippen molar-refractivity contribution in [1.82, 2.24) is 10.2 Å². The van der Waals surface area contributed by atoms with E-state index in [0.29, 0.717) is 11.1 Å². The van der Waals surface area contributed by atoms with Crippen LogP contribution >= 0.6 is 12.4 Å². The number of nitrogens with zero attached hydrogens (tertiary/aromatic N) is 1. The van der Waals surface area contributed by atoms with Gasteiger partial charge in [-0.3, -0.25) is 9.52 Å². The number of likely N-dealkylation sites (N-methyl/N-ethyl adjacent to an activating group) is 1. The van der Waals surface area contributed by atoms with Gasteiger partial charge in [0.25, 0.3) is 15.9 Å². The number of nitrogens with one attached hydrogen (secondary N) is 2. The Morgan fingerprint density at radius 1 is 1.21 bits per heavy atom. The summed E-state index contributed by atoms with van der Waals surface area (Å²) in [6.07, 6.45) is 0.866. The zero-order chi connectivity index (χ0) is 19.6. The minimum atomic E-state index is -3.90. The fourth-order valence-electron chi connectivity index (χ4n) is 3.06. The van der Waals surface area contributed by atoms with Gasteiger partial charge in [0.05, 0.1) is 4.90 Å². The first-order valence-electron chi connectivity index (χ1n) is 8.65. The highest BCUT2D eigenvalue weighted by atomic mass is 35.5. The molecule has 28 heavy (non-hydrogen) atoms. The van der Waals surface area contributed by atoms with Gasteiger partial charge in [-0.15, -0.1) is 12.4 Å². The van der Waals surface area contributed by atoms with Crippen molar-refractivity contribution in [2.24, 2.45) is 0 Å². The van der Waals surface area contributed by atoms with Crippen LogP contribution in [-0.2, 0) is 10.0 Å². The molecule has 0 bridgehead atoms. The lowest BCUT2D eigenvalue weighted by Crippen LogP contribution is -2.38. The molecule has 1 aliphatic heterocycles. The SMILES string of the molecule is Cc1ccc(S(=O)(=O)Nc2ccc(F)cc2)cc1C(=O)N(C)C1CCNC1.Cl. The average molecular weight is 428 g/mol. The Balaban J connectivity index is 0.00000280. The van der Waals surface area contributed by atoms with Gasteiger partial charge in [-0.05, 0) is 61.9 Å². The van der Waals surface area contributed by atoms with E-state index in [0.717, 1.165) is 19.5 Å². The molecular weight excluding hydrogens is 405 g/mol. The Morgan fingerprint density at radius 2 is 1.89 bits per heavy atom. The Hall–Kier alpha value is -2.16. The molecule has 2 aromatic rings. The third kappa shape index (κ3) is 4.81. The molecule has 2 N–H and O–H groups in total. The smallest absolute Gasteiger partial charge is 0.261 e. The summed E-state index contributed by atoms with van der Waals surface area (Å²) < 4.78 is 40.7. The van der Waals surface area contributed by atoms with E-state index in [1.165, 1.54) is 36.4 Å². The zero-order valence-corrected chi connectivity index (χ0v) is 17.2. The van der Waals surface area contributed by atoms with Crippen LogP contribution in [0, 0.1) is 12.7 Å². The first kappa shape index (κ1) is 22.1. The lowest BCUT2D eigenvalue weighted by molar-refractivity contribution is 0.0743. The number of anilines is 1. The fraction of sp³-hybridized carbons (Fsp3) is 0.316. The first-order chi connectivity index (χ1) is 12.8. The molecule has 9 heteroatoms. The van der Waals surface area contributed by atoms with E-state index in [1.54, 1.807) is 24.9 Å². The fourth-order valence-corrected chi connectivity index (χ4v) is 4.14. The number of carbonyl (C=O) groups excluding carboxylic acids is 1. The summed E-state index contributed by atoms with van der Waals surface area (Å²) in [5.41, 5.74) is 1.31. The molecule has 0 saturated carbocycles. The van der Waals surface area contributed by atoms with Crippen molar-refractivity contribution in [1.29, 1.82) is 0 Å². The summed E-state index contributed by atoms with van der Waals surface area (Å²) >= 11 is 0. The Morgan fingerprint density at radius 3 is 2.50 bits per heavy atom. The molecule has 1 atom stereocenters. The first-order valence-corrected chi connectivity index (χ1v) is 10.1. The number of hydrogen-bond donors (Lipinski definition) is 2. The van der Waals surface area contributed by atoms with E-state index in [-0.39, 0.29) is 34.9 Å². The molecule has 0 aromatic heterocycles. The van der Waals surface area contributed by atoms with Gasteiger partial charge in [0.15, 0.2) is 0 Å². The third-order valence-corrected chi connectivity index (χ3v) is 6.13. The normalized spacial score (nSPS) is 16.3. The second-order valence-corrected chi connectivity index (χ2v) is 8.33. The summed E-state index contributed by atoms with van der Waals surface area (Å²) in [6, 6.07) is 9.58. The Labute approximate surface area is 170 Å². The number of amides is 1. The van der Waals surface area contributed by atoms with Crippen LogP contribution in [-0.4, -0.2) is 45.4 Å². The standard InChI is InChI=1S/C19H22FN3O3S.ClH/c1-13-3-8-17(27(25,26)22-15-6-4-14(20)5-7-15)11-18(13)19(24)23(2)16-9-10-21-12-16;/h3-8,11,16,21-22H,9-10,12H2,1-2H3;1H. The largest absolute Gasteiger partial charge is 0.337 e. The minimum Gasteiger partial charge on any atom is -0.337 e. The molecule has 1 fully saturated rings. The second-order valence-electron chi connectivity index (χ2n) is 6.65. The summed E-state index contributed by atoms with van der Waals surface area (Å²) in [7, 11) is -2.17. The number of sulfonamides is 1. The highest BCUT2D eigenvalue weighted by Crippen LogP contribution is 2.21. The van der Waals surface area contributed by atoms with Crippen molar-refractivity contribution in [3.63, 3.8) is 0 Å². The van der Waals surface area contributed by atoms with Gasteiger partial charge in [-0.2, -0.15) is 0 Å². The van der Waals surface area contributed by atoms with Crippen LogP contribution in [0.5, 0.6) is 0 Å². The van der Waals surface area contributed by atoms with Crippen LogP contribution in [0.2, 0.25) is 0 Å². The summed E-state index contributed by atoms with van der Waals surface area (Å²) in [6.45, 7) is 3.36. The van der Waals surface area contributed by atoms with Gasteiger partial charge in [-0.25, -0.2) is 12.8 Å². The highest BCUT2D eigenvalue weighted by molar-refractivity contribution is 7.92. The topological polar surface area (TPSA) is 78.5 Å². The minimum absolute atomic E-state index is 0. The maximum atomic E-state index is 13.0.